The van der Waals surface area contributed by atoms with Crippen molar-refractivity contribution in [3.8, 4) is 0 Å². The molecule has 80 valence electrons. The van der Waals surface area contributed by atoms with Gasteiger partial charge in [0.25, 0.3) is 0 Å². The van der Waals surface area contributed by atoms with Gasteiger partial charge in [-0.25, -0.2) is 0 Å². The minimum atomic E-state index is 0.750. The summed E-state index contributed by atoms with van der Waals surface area (Å²) >= 11 is 0.750. The van der Waals surface area contributed by atoms with Gasteiger partial charge < -0.3 is 5.32 Å². The smallest absolute Gasteiger partial charge is 0.0624 e. The van der Waals surface area contributed by atoms with E-state index in [9.17, 15) is 0 Å². The average molecular weight is 225 g/mol. The third-order valence-electron chi connectivity index (χ3n) is 1.77. The Kier molecular flexibility index (Phi) is 6.41. The second kappa shape index (κ2) is 7.99. The first-order chi connectivity index (χ1) is 7.86. The molecule has 0 atom stereocenters. The molecule has 0 amide bonds. The average Bonchev–Trinajstić information content (AvgIpc) is 2.33. The molecule has 0 saturated heterocycles. The third-order valence-corrected chi connectivity index (χ3v) is 1.77. The summed E-state index contributed by atoms with van der Waals surface area (Å²) in [5.74, 6) is 4.42. The maximum atomic E-state index is 4.44. The Bertz CT molecular complexity index is 335. The molecule has 16 heavy (non-hydrogen) atoms. The van der Waals surface area contributed by atoms with Crippen LogP contribution in [0.4, 0.5) is 11.4 Å². The molecule has 0 aromatic heterocycles. The molecule has 0 radical (unpaired) electrons. The van der Waals surface area contributed by atoms with Crippen LogP contribution in [0, 0.1) is 0 Å². The van der Waals surface area contributed by atoms with E-state index in [1.54, 1.807) is 0 Å². The summed E-state index contributed by atoms with van der Waals surface area (Å²) in [6.45, 7) is 0. The molecule has 2 aromatic carbocycles. The topological polar surface area (TPSA) is 14.1 Å². The van der Waals surface area contributed by atoms with Gasteiger partial charge in [0.05, 0.1) is 0 Å². The van der Waals surface area contributed by atoms with Crippen molar-refractivity contribution in [1.82, 2.24) is 0 Å². The Morgan fingerprint density at radius 2 is 1.00 bits per heavy atom. The van der Waals surface area contributed by atoms with Crippen molar-refractivity contribution in [1.29, 1.82) is 0 Å². The van der Waals surface area contributed by atoms with Crippen LogP contribution in [0.25, 0.3) is 5.32 Å². The number of para-hydroxylation sites is 2. The van der Waals surface area contributed by atoms with Crippen molar-refractivity contribution in [2.45, 2.75) is 11.6 Å². The first-order valence-corrected chi connectivity index (χ1v) is 7.73. The second-order valence-corrected chi connectivity index (χ2v) is 4.51. The molecular weight excluding hydrogens is 209 g/mol. The Morgan fingerprint density at radius 1 is 0.688 bits per heavy atom. The Hall–Kier alpha value is -1.23. The summed E-state index contributed by atoms with van der Waals surface area (Å²) in [6.07, 6.45) is 0. The van der Waals surface area contributed by atoms with Crippen LogP contribution in [0.1, 0.15) is 0 Å². The largest absolute Gasteiger partial charge is 0.658 e. The first-order valence-electron chi connectivity index (χ1n) is 5.42. The van der Waals surface area contributed by atoms with Crippen molar-refractivity contribution < 1.29 is 0 Å². The zero-order valence-electron chi connectivity index (χ0n) is 9.80. The van der Waals surface area contributed by atoms with Crippen LogP contribution < -0.4 is 0 Å². The van der Waals surface area contributed by atoms with Gasteiger partial charge in [0, 0.05) is 0 Å². The quantitative estimate of drug-likeness (QED) is 0.651. The van der Waals surface area contributed by atoms with E-state index in [1.165, 1.54) is 0 Å². The molecule has 0 bridgehead atoms. The van der Waals surface area contributed by atoms with E-state index < -0.39 is 0 Å². The SMILES string of the molecule is [CH3][Al+][CH3].c1ccc([N-]c2ccccc2)cc1. The van der Waals surface area contributed by atoms with Gasteiger partial charge in [0.2, 0.25) is 0 Å². The van der Waals surface area contributed by atoms with E-state index in [-0.39, 0.29) is 0 Å². The van der Waals surface area contributed by atoms with E-state index in [1.807, 2.05) is 60.7 Å². The molecule has 2 rings (SSSR count). The minimum Gasteiger partial charge on any atom is -0.658 e. The fourth-order valence-electron chi connectivity index (χ4n) is 1.15. The number of hydrogen-bond donors (Lipinski definition) is 0. The Balaban J connectivity index is 0.000000386. The number of nitrogens with zero attached hydrogens (tertiary/aromatic N) is 1. The van der Waals surface area contributed by atoms with Crippen molar-refractivity contribution in [2.24, 2.45) is 0 Å². The van der Waals surface area contributed by atoms with Crippen LogP contribution >= 0.6 is 0 Å². The maximum Gasteiger partial charge on any atom is -0.0624 e. The fraction of sp³-hybridized carbons (Fsp3) is 0.143. The van der Waals surface area contributed by atoms with Crippen molar-refractivity contribution in [3.63, 3.8) is 0 Å². The van der Waals surface area contributed by atoms with E-state index in [4.69, 9.17) is 0 Å². The van der Waals surface area contributed by atoms with Gasteiger partial charge >= 0.3 is 26.8 Å². The van der Waals surface area contributed by atoms with Gasteiger partial charge in [-0.1, -0.05) is 60.7 Å². The van der Waals surface area contributed by atoms with Crippen LogP contribution in [-0.4, -0.2) is 15.2 Å². The molecule has 1 nitrogen and oxygen atoms in total. The third kappa shape index (κ3) is 5.02. The van der Waals surface area contributed by atoms with E-state index in [2.05, 4.69) is 16.9 Å². The number of benzene rings is 2. The van der Waals surface area contributed by atoms with Gasteiger partial charge in [0.1, 0.15) is 0 Å². The molecule has 0 fully saturated rings. The molecular formula is C14H16AlN. The first kappa shape index (κ1) is 12.8. The molecule has 2 aromatic rings. The predicted octanol–water partition coefficient (Wildman–Crippen LogP) is 4.81. The molecule has 0 spiro atoms. The molecule has 0 aliphatic carbocycles. The standard InChI is InChI=1S/C12H10N.2CH3.Al/c1-3-7-11(8-4-1)13-12-9-5-2-6-10-12;;;/h1-10H;2*1H3;/q-1;;;+1. The van der Waals surface area contributed by atoms with Crippen LogP contribution in [0.15, 0.2) is 60.7 Å². The van der Waals surface area contributed by atoms with Gasteiger partial charge in [-0.15, -0.1) is 11.4 Å². The fourth-order valence-corrected chi connectivity index (χ4v) is 1.15. The van der Waals surface area contributed by atoms with Crippen LogP contribution in [0.3, 0.4) is 0 Å². The molecule has 0 heterocycles. The zero-order chi connectivity index (χ0) is 11.6. The Morgan fingerprint density at radius 3 is 1.31 bits per heavy atom. The summed E-state index contributed by atoms with van der Waals surface area (Å²) in [4.78, 5) is 0. The summed E-state index contributed by atoms with van der Waals surface area (Å²) in [6, 6.07) is 19.9. The maximum absolute atomic E-state index is 4.44. The van der Waals surface area contributed by atoms with Crippen LogP contribution in [-0.2, 0) is 0 Å². The van der Waals surface area contributed by atoms with Gasteiger partial charge in [0.15, 0.2) is 0 Å². The normalized spacial score (nSPS) is 8.38. The summed E-state index contributed by atoms with van der Waals surface area (Å²) in [5, 5.41) is 4.44. The molecule has 0 aliphatic rings. The minimum absolute atomic E-state index is 0.750. The van der Waals surface area contributed by atoms with E-state index in [0.717, 1.165) is 26.6 Å². The number of hydrogen-bond acceptors (Lipinski definition) is 0. The zero-order valence-corrected chi connectivity index (χ0v) is 11.0. The molecule has 0 saturated carbocycles. The summed E-state index contributed by atoms with van der Waals surface area (Å²) < 4.78 is 0. The van der Waals surface area contributed by atoms with Crippen molar-refractivity contribution in [3.05, 3.63) is 66.0 Å². The number of rotatable bonds is 2. The van der Waals surface area contributed by atoms with E-state index >= 15 is 0 Å². The van der Waals surface area contributed by atoms with Gasteiger partial charge in [-0.3, -0.25) is 0 Å². The Labute approximate surface area is 104 Å². The van der Waals surface area contributed by atoms with Gasteiger partial charge in [-0.05, 0) is 0 Å². The molecule has 0 N–H and O–H groups in total. The van der Waals surface area contributed by atoms with Crippen LogP contribution in [0.2, 0.25) is 11.6 Å². The van der Waals surface area contributed by atoms with Crippen LogP contribution in [0.5, 0.6) is 0 Å². The summed E-state index contributed by atoms with van der Waals surface area (Å²) in [5.41, 5.74) is 1.99. The van der Waals surface area contributed by atoms with E-state index in [0.29, 0.717) is 0 Å². The molecule has 2 heteroatoms. The second-order valence-electron chi connectivity index (χ2n) is 3.36. The van der Waals surface area contributed by atoms with Gasteiger partial charge in [-0.2, -0.15) is 0 Å². The molecule has 0 unspecified atom stereocenters. The predicted molar refractivity (Wildman–Crippen MR) is 73.0 cm³/mol. The summed E-state index contributed by atoms with van der Waals surface area (Å²) in [7, 11) is 0. The monoisotopic (exact) mass is 225 g/mol. The van der Waals surface area contributed by atoms with Crippen molar-refractivity contribution >= 4 is 26.6 Å². The molecule has 0 aliphatic heterocycles. The van der Waals surface area contributed by atoms with Crippen molar-refractivity contribution in [2.75, 3.05) is 0 Å².